The first-order valence-corrected chi connectivity index (χ1v) is 5.67. The Labute approximate surface area is 104 Å². The molecule has 78 valence electrons. The molecule has 0 aromatic heterocycles. The molecule has 0 aromatic rings. The van der Waals surface area contributed by atoms with E-state index < -0.39 is 8.80 Å². The zero-order valence-corrected chi connectivity index (χ0v) is 12.0. The zero-order chi connectivity index (χ0) is 9.90. The molecular weight excluding hydrogens is 279 g/mol. The molecule has 4 nitrogen and oxygen atoms in total. The predicted octanol–water partition coefficient (Wildman–Crippen LogP) is 1.17. The maximum absolute atomic E-state index is 9.53. The van der Waals surface area contributed by atoms with Crippen LogP contribution in [0.4, 0.5) is 0 Å². The molecule has 1 aliphatic rings. The molecule has 0 bridgehead atoms. The van der Waals surface area contributed by atoms with Gasteiger partial charge in [-0.3, -0.25) is 0 Å². The number of allylic oxidation sites excluding steroid dienone is 3. The second-order valence-corrected chi connectivity index (χ2v) is 5.51. The fourth-order valence-electron chi connectivity index (χ4n) is 1.35. The molecule has 0 heterocycles. The molecule has 0 saturated heterocycles. The summed E-state index contributed by atoms with van der Waals surface area (Å²) in [4.78, 5) is 0. The van der Waals surface area contributed by atoms with E-state index in [1.807, 2.05) is 6.08 Å². The van der Waals surface area contributed by atoms with E-state index >= 15 is 0 Å². The van der Waals surface area contributed by atoms with Gasteiger partial charge in [0.2, 0.25) is 0 Å². The third-order valence-corrected chi connectivity index (χ3v) is 4.77. The molecule has 1 N–H and O–H groups in total. The van der Waals surface area contributed by atoms with Crippen molar-refractivity contribution in [1.29, 1.82) is 0 Å². The number of aliphatic hydroxyl groups is 1. The largest absolute Gasteiger partial charge is 0.539 e. The van der Waals surface area contributed by atoms with Crippen LogP contribution in [-0.4, -0.2) is 35.2 Å². The molecule has 0 fully saturated rings. The van der Waals surface area contributed by atoms with Crippen LogP contribution in [-0.2, 0) is 39.5 Å². The van der Waals surface area contributed by atoms with Crippen molar-refractivity contribution in [1.82, 2.24) is 0 Å². The van der Waals surface area contributed by atoms with E-state index in [0.717, 1.165) is 0 Å². The van der Waals surface area contributed by atoms with Gasteiger partial charge in [0.25, 0.3) is 0 Å². The molecule has 0 atom stereocenters. The number of rotatable bonds is 4. The minimum atomic E-state index is -2.80. The van der Waals surface area contributed by atoms with Gasteiger partial charge in [0.05, 0.1) is 5.20 Å². The average molecular weight is 294 g/mol. The SMILES string of the molecule is CO[Si](OC)(OC)C1=C(O)CC=C1.[Zr]. The quantitative estimate of drug-likeness (QED) is 0.791. The van der Waals surface area contributed by atoms with Crippen LogP contribution in [0.2, 0.25) is 0 Å². The summed E-state index contributed by atoms with van der Waals surface area (Å²) in [7, 11) is 1.75. The van der Waals surface area contributed by atoms with Crippen LogP contribution in [0.5, 0.6) is 0 Å². The minimum Gasteiger partial charge on any atom is -0.512 e. The van der Waals surface area contributed by atoms with Gasteiger partial charge in [-0.05, 0) is 0 Å². The summed E-state index contributed by atoms with van der Waals surface area (Å²) in [6.07, 6.45) is 4.17. The van der Waals surface area contributed by atoms with E-state index in [-0.39, 0.29) is 32.0 Å². The summed E-state index contributed by atoms with van der Waals surface area (Å²) in [6, 6.07) is 0. The van der Waals surface area contributed by atoms with E-state index in [1.165, 1.54) is 21.3 Å². The molecule has 0 saturated carbocycles. The molecule has 0 spiro atoms. The van der Waals surface area contributed by atoms with Crippen molar-refractivity contribution >= 4 is 8.80 Å². The topological polar surface area (TPSA) is 47.9 Å². The first-order chi connectivity index (χ1) is 6.20. The van der Waals surface area contributed by atoms with Gasteiger partial charge in [0, 0.05) is 54.0 Å². The summed E-state index contributed by atoms with van der Waals surface area (Å²) in [5.41, 5.74) is 0. The molecule has 0 radical (unpaired) electrons. The fraction of sp³-hybridized carbons (Fsp3) is 0.500. The van der Waals surface area contributed by atoms with Gasteiger partial charge < -0.3 is 18.4 Å². The van der Waals surface area contributed by atoms with Gasteiger partial charge in [-0.1, -0.05) is 12.2 Å². The van der Waals surface area contributed by atoms with Crippen molar-refractivity contribution in [2.45, 2.75) is 6.42 Å². The van der Waals surface area contributed by atoms with E-state index in [1.54, 1.807) is 6.08 Å². The van der Waals surface area contributed by atoms with Crippen LogP contribution in [0.25, 0.3) is 0 Å². The van der Waals surface area contributed by atoms with E-state index in [2.05, 4.69) is 0 Å². The maximum atomic E-state index is 9.53. The summed E-state index contributed by atoms with van der Waals surface area (Å²) in [6.45, 7) is 0. The molecule has 0 unspecified atom stereocenters. The number of hydrogen-bond donors (Lipinski definition) is 1. The first kappa shape index (κ1) is 14.3. The maximum Gasteiger partial charge on any atom is 0.539 e. The monoisotopic (exact) mass is 292 g/mol. The Bertz CT molecular complexity index is 239. The van der Waals surface area contributed by atoms with Gasteiger partial charge in [0.15, 0.2) is 0 Å². The van der Waals surface area contributed by atoms with Crippen LogP contribution in [0, 0.1) is 0 Å². The number of aliphatic hydroxyl groups excluding tert-OH is 1. The molecule has 0 aliphatic heterocycles. The Hall–Kier alpha value is 0.260. The molecule has 0 aromatic carbocycles. The van der Waals surface area contributed by atoms with Gasteiger partial charge in [0.1, 0.15) is 5.76 Å². The van der Waals surface area contributed by atoms with Crippen molar-refractivity contribution in [3.8, 4) is 0 Å². The van der Waals surface area contributed by atoms with Gasteiger partial charge >= 0.3 is 8.80 Å². The van der Waals surface area contributed by atoms with Crippen LogP contribution in [0.1, 0.15) is 6.42 Å². The third kappa shape index (κ3) is 2.44. The molecular formula is C8H14O4SiZr. The summed E-state index contributed by atoms with van der Waals surface area (Å²) >= 11 is 0. The smallest absolute Gasteiger partial charge is 0.512 e. The molecule has 1 rings (SSSR count). The second kappa shape index (κ2) is 5.98. The summed E-state index contributed by atoms with van der Waals surface area (Å²) < 4.78 is 15.6. The molecule has 1 aliphatic carbocycles. The third-order valence-electron chi connectivity index (χ3n) is 2.04. The Morgan fingerprint density at radius 2 is 1.71 bits per heavy atom. The first-order valence-electron chi connectivity index (χ1n) is 3.94. The predicted molar refractivity (Wildman–Crippen MR) is 50.2 cm³/mol. The second-order valence-electron chi connectivity index (χ2n) is 2.64. The van der Waals surface area contributed by atoms with Crippen molar-refractivity contribution < 1.29 is 44.6 Å². The van der Waals surface area contributed by atoms with Crippen molar-refractivity contribution in [3.05, 3.63) is 23.1 Å². The Morgan fingerprint density at radius 3 is 2.00 bits per heavy atom. The zero-order valence-electron chi connectivity index (χ0n) is 8.53. The van der Waals surface area contributed by atoms with Gasteiger partial charge in [-0.25, -0.2) is 0 Å². The molecule has 14 heavy (non-hydrogen) atoms. The fourth-order valence-corrected chi connectivity index (χ4v) is 3.29. The van der Waals surface area contributed by atoms with Crippen molar-refractivity contribution in [3.63, 3.8) is 0 Å². The molecule has 0 amide bonds. The minimum absolute atomic E-state index is 0. The van der Waals surface area contributed by atoms with E-state index in [4.69, 9.17) is 13.3 Å². The van der Waals surface area contributed by atoms with E-state index in [0.29, 0.717) is 11.6 Å². The van der Waals surface area contributed by atoms with Crippen LogP contribution >= 0.6 is 0 Å². The normalized spacial score (nSPS) is 15.9. The van der Waals surface area contributed by atoms with Gasteiger partial charge in [-0.15, -0.1) is 0 Å². The molecule has 6 heteroatoms. The Morgan fingerprint density at radius 1 is 1.21 bits per heavy atom. The van der Waals surface area contributed by atoms with Crippen LogP contribution in [0.3, 0.4) is 0 Å². The summed E-state index contributed by atoms with van der Waals surface area (Å²) in [5.74, 6) is 0.275. The number of hydrogen-bond acceptors (Lipinski definition) is 4. The standard InChI is InChI=1S/C8H14O4Si.Zr/c1-10-13(11-2,12-3)8-6-4-5-7(8)9;/h4,6,9H,5H2,1-3H3;. The average Bonchev–Trinajstić information content (AvgIpc) is 2.57. The Kier molecular flexibility index (Phi) is 6.09. The van der Waals surface area contributed by atoms with Crippen LogP contribution in [0.15, 0.2) is 23.1 Å². The Balaban J connectivity index is 0.00000169. The van der Waals surface area contributed by atoms with Crippen molar-refractivity contribution in [2.24, 2.45) is 0 Å². The van der Waals surface area contributed by atoms with Gasteiger partial charge in [-0.2, -0.15) is 0 Å². The van der Waals surface area contributed by atoms with E-state index in [9.17, 15) is 5.11 Å². The van der Waals surface area contributed by atoms with Crippen LogP contribution < -0.4 is 0 Å². The summed E-state index contributed by atoms with van der Waals surface area (Å²) in [5, 5.41) is 10.2. The van der Waals surface area contributed by atoms with Crippen molar-refractivity contribution in [2.75, 3.05) is 21.3 Å².